The number of nitrogens with two attached hydrogens (primary N) is 1. The lowest BCUT2D eigenvalue weighted by Crippen LogP contribution is -2.42. The molecular weight excluding hydrogens is 396 g/mol. The van der Waals surface area contributed by atoms with Crippen LogP contribution >= 0.6 is 15.9 Å². The minimum absolute atomic E-state index is 0.0377. The fourth-order valence-electron chi connectivity index (χ4n) is 2.71. The highest BCUT2D eigenvalue weighted by Gasteiger charge is 2.39. The number of nitrogens with one attached hydrogen (secondary N) is 3. The van der Waals surface area contributed by atoms with E-state index >= 15 is 0 Å². The molecule has 1 fully saturated rings. The normalized spacial score (nSPS) is 24.3. The Morgan fingerprint density at radius 3 is 2.54 bits per heavy atom. The Hall–Kier alpha value is -1.00. The minimum Gasteiger partial charge on any atom is -0.325 e. The number of alkyl halides is 1. The molecular formula is C15H23BrN4O3S. The zero-order valence-electron chi connectivity index (χ0n) is 13.8. The van der Waals surface area contributed by atoms with E-state index in [2.05, 4.69) is 45.9 Å². The van der Waals surface area contributed by atoms with Gasteiger partial charge in [-0.25, -0.2) is 19.0 Å². The van der Waals surface area contributed by atoms with E-state index in [1.54, 1.807) is 12.1 Å². The summed E-state index contributed by atoms with van der Waals surface area (Å²) in [5.74, 6) is 0.0923. The SMILES string of the molecule is CCc1ccc(NC(=O)C2NNC(C(C)C)C2Br)cc1S(N)(=O)=O. The van der Waals surface area contributed by atoms with E-state index in [0.717, 1.165) is 0 Å². The molecule has 1 aliphatic rings. The molecule has 5 N–H and O–H groups in total. The Balaban J connectivity index is 2.18. The maximum Gasteiger partial charge on any atom is 0.244 e. The predicted octanol–water partition coefficient (Wildman–Crippen LogP) is 1.10. The number of anilines is 1. The highest BCUT2D eigenvalue weighted by molar-refractivity contribution is 9.09. The average molecular weight is 419 g/mol. The molecule has 9 heteroatoms. The molecule has 1 aromatic carbocycles. The van der Waals surface area contributed by atoms with Gasteiger partial charge in [-0.15, -0.1) is 0 Å². The van der Waals surface area contributed by atoms with Crippen LogP contribution in [0.25, 0.3) is 0 Å². The monoisotopic (exact) mass is 418 g/mol. The van der Waals surface area contributed by atoms with Gasteiger partial charge >= 0.3 is 0 Å². The van der Waals surface area contributed by atoms with Gasteiger partial charge in [0.05, 0.1) is 9.72 Å². The maximum atomic E-state index is 12.5. The Morgan fingerprint density at radius 2 is 2.04 bits per heavy atom. The van der Waals surface area contributed by atoms with E-state index in [0.29, 0.717) is 23.6 Å². The second-order valence-electron chi connectivity index (χ2n) is 6.19. The number of amides is 1. The average Bonchev–Trinajstić information content (AvgIpc) is 2.88. The quantitative estimate of drug-likeness (QED) is 0.534. The third kappa shape index (κ3) is 4.15. The van der Waals surface area contributed by atoms with Gasteiger partial charge in [-0.2, -0.15) is 0 Å². The second kappa shape index (κ2) is 7.49. The molecule has 3 unspecified atom stereocenters. The third-order valence-electron chi connectivity index (χ3n) is 4.09. The van der Waals surface area contributed by atoms with Crippen molar-refractivity contribution in [2.24, 2.45) is 11.1 Å². The van der Waals surface area contributed by atoms with Gasteiger partial charge in [0.25, 0.3) is 0 Å². The van der Waals surface area contributed by atoms with E-state index in [1.807, 2.05) is 6.92 Å². The molecule has 24 heavy (non-hydrogen) atoms. The highest BCUT2D eigenvalue weighted by atomic mass is 79.9. The number of benzene rings is 1. The van der Waals surface area contributed by atoms with Crippen LogP contribution in [0.2, 0.25) is 0 Å². The molecule has 0 aromatic heterocycles. The molecule has 134 valence electrons. The number of halogens is 1. The van der Waals surface area contributed by atoms with Crippen LogP contribution in [0, 0.1) is 5.92 Å². The van der Waals surface area contributed by atoms with Crippen molar-refractivity contribution in [1.29, 1.82) is 0 Å². The number of rotatable bonds is 5. The van der Waals surface area contributed by atoms with E-state index in [-0.39, 0.29) is 21.7 Å². The van der Waals surface area contributed by atoms with Crippen molar-refractivity contribution >= 4 is 37.5 Å². The number of carbonyl (C=O) groups excluding carboxylic acids is 1. The topological polar surface area (TPSA) is 113 Å². The second-order valence-corrected chi connectivity index (χ2v) is 8.78. The first-order chi connectivity index (χ1) is 11.1. The zero-order valence-corrected chi connectivity index (χ0v) is 16.2. The molecule has 2 rings (SSSR count). The van der Waals surface area contributed by atoms with Crippen LogP contribution in [-0.2, 0) is 21.2 Å². The summed E-state index contributed by atoms with van der Waals surface area (Å²) in [6.45, 7) is 5.98. The number of hydrogen-bond donors (Lipinski definition) is 4. The number of primary sulfonamides is 1. The zero-order chi connectivity index (χ0) is 18.1. The first-order valence-electron chi connectivity index (χ1n) is 7.76. The number of carbonyl (C=O) groups is 1. The van der Waals surface area contributed by atoms with Crippen LogP contribution < -0.4 is 21.3 Å². The fraction of sp³-hybridized carbons (Fsp3) is 0.533. The number of sulfonamides is 1. The predicted molar refractivity (Wildman–Crippen MR) is 97.2 cm³/mol. The molecule has 1 aliphatic heterocycles. The smallest absolute Gasteiger partial charge is 0.244 e. The van der Waals surface area contributed by atoms with Crippen molar-refractivity contribution in [3.8, 4) is 0 Å². The summed E-state index contributed by atoms with van der Waals surface area (Å²) in [6.07, 6.45) is 0.535. The van der Waals surface area contributed by atoms with E-state index in [4.69, 9.17) is 5.14 Å². The molecule has 1 saturated heterocycles. The molecule has 0 bridgehead atoms. The summed E-state index contributed by atoms with van der Waals surface area (Å²) < 4.78 is 23.4. The van der Waals surface area contributed by atoms with E-state index in [9.17, 15) is 13.2 Å². The van der Waals surface area contributed by atoms with E-state index in [1.165, 1.54) is 6.07 Å². The van der Waals surface area contributed by atoms with Crippen molar-refractivity contribution < 1.29 is 13.2 Å². The van der Waals surface area contributed by atoms with Crippen molar-refractivity contribution in [3.05, 3.63) is 23.8 Å². The molecule has 0 spiro atoms. The van der Waals surface area contributed by atoms with Gasteiger partial charge in [-0.3, -0.25) is 10.2 Å². The highest BCUT2D eigenvalue weighted by Crippen LogP contribution is 2.24. The number of aryl methyl sites for hydroxylation is 1. The van der Waals surface area contributed by atoms with Gasteiger partial charge in [0, 0.05) is 11.7 Å². The van der Waals surface area contributed by atoms with Crippen LogP contribution in [0.3, 0.4) is 0 Å². The lowest BCUT2D eigenvalue weighted by Gasteiger charge is -2.19. The Labute approximate surface area is 150 Å². The minimum atomic E-state index is -3.84. The molecule has 1 heterocycles. The molecule has 1 aromatic rings. The van der Waals surface area contributed by atoms with Crippen LogP contribution in [0.5, 0.6) is 0 Å². The van der Waals surface area contributed by atoms with Crippen molar-refractivity contribution in [2.45, 2.75) is 49.0 Å². The van der Waals surface area contributed by atoms with Crippen molar-refractivity contribution in [2.75, 3.05) is 5.32 Å². The van der Waals surface area contributed by atoms with Gasteiger partial charge in [-0.1, -0.05) is 42.8 Å². The van der Waals surface area contributed by atoms with Gasteiger partial charge in [0.15, 0.2) is 0 Å². The largest absolute Gasteiger partial charge is 0.325 e. The van der Waals surface area contributed by atoms with Crippen LogP contribution in [0.4, 0.5) is 5.69 Å². The standard InChI is InChI=1S/C15H23BrN4O3S/c1-4-9-5-6-10(7-11(9)24(17,22)23)18-15(21)14-12(16)13(8(2)3)19-20-14/h5-8,12-14,19-20H,4H2,1-3H3,(H,18,21)(H2,17,22,23). The van der Waals surface area contributed by atoms with Crippen molar-refractivity contribution in [1.82, 2.24) is 10.9 Å². The lowest BCUT2D eigenvalue weighted by molar-refractivity contribution is -0.117. The molecule has 3 atom stereocenters. The maximum absolute atomic E-state index is 12.5. The van der Waals surface area contributed by atoms with Gasteiger partial charge in [-0.05, 0) is 30.0 Å². The summed E-state index contributed by atoms with van der Waals surface area (Å²) in [5.41, 5.74) is 7.09. The Morgan fingerprint density at radius 1 is 1.38 bits per heavy atom. The fourth-order valence-corrected chi connectivity index (χ4v) is 4.69. The summed E-state index contributed by atoms with van der Waals surface area (Å²) >= 11 is 3.55. The Bertz CT molecular complexity index is 723. The molecule has 1 amide bonds. The summed E-state index contributed by atoms with van der Waals surface area (Å²) in [7, 11) is -3.84. The Kier molecular flexibility index (Phi) is 6.03. The summed E-state index contributed by atoms with van der Waals surface area (Å²) in [6, 6.07) is 4.39. The van der Waals surface area contributed by atoms with Crippen LogP contribution in [-0.4, -0.2) is 31.2 Å². The summed E-state index contributed by atoms with van der Waals surface area (Å²) in [5, 5.41) is 8.00. The molecule has 0 aliphatic carbocycles. The van der Waals surface area contributed by atoms with Crippen molar-refractivity contribution in [3.63, 3.8) is 0 Å². The van der Waals surface area contributed by atoms with Gasteiger partial charge in [0.1, 0.15) is 6.04 Å². The van der Waals surface area contributed by atoms with Gasteiger partial charge in [0.2, 0.25) is 15.9 Å². The van der Waals surface area contributed by atoms with E-state index < -0.39 is 16.1 Å². The van der Waals surface area contributed by atoms with Gasteiger partial charge < -0.3 is 5.32 Å². The third-order valence-corrected chi connectivity index (χ3v) is 6.18. The first-order valence-corrected chi connectivity index (χ1v) is 10.2. The van der Waals surface area contributed by atoms with Crippen LogP contribution in [0.15, 0.2) is 23.1 Å². The number of hydrogen-bond acceptors (Lipinski definition) is 5. The first kappa shape index (κ1) is 19.3. The molecule has 0 saturated carbocycles. The van der Waals surface area contributed by atoms with Crippen LogP contribution in [0.1, 0.15) is 26.3 Å². The lowest BCUT2D eigenvalue weighted by atomic mass is 9.99. The molecule has 7 nitrogen and oxygen atoms in total. The number of hydrazine groups is 1. The molecule has 0 radical (unpaired) electrons. The summed E-state index contributed by atoms with van der Waals surface area (Å²) in [4.78, 5) is 12.4.